The Hall–Kier alpha value is -3.03. The van der Waals surface area contributed by atoms with Crippen LogP contribution in [0.2, 0.25) is 0 Å². The first kappa shape index (κ1) is 27.0. The molecule has 10 nitrogen and oxygen atoms in total. The number of sulfonamides is 1. The number of carbonyl (C=O) groups excluding carboxylic acids is 1. The van der Waals surface area contributed by atoms with E-state index in [0.717, 1.165) is 17.7 Å². The molecule has 4 rings (SSSR count). The van der Waals surface area contributed by atoms with Gasteiger partial charge in [-0.05, 0) is 60.3 Å². The van der Waals surface area contributed by atoms with Gasteiger partial charge < -0.3 is 14.2 Å². The molecule has 0 fully saturated rings. The topological polar surface area (TPSA) is 113 Å². The van der Waals surface area contributed by atoms with Crippen LogP contribution in [0.5, 0.6) is 17.4 Å². The molecular formula is C24H26BrFN4O6S. The lowest BCUT2D eigenvalue weighted by atomic mass is 9.93. The van der Waals surface area contributed by atoms with Gasteiger partial charge in [0.2, 0.25) is 15.9 Å². The van der Waals surface area contributed by atoms with Crippen LogP contribution in [0.1, 0.15) is 37.1 Å². The largest absolute Gasteiger partial charge is 0.493 e. The third-order valence-corrected chi connectivity index (χ3v) is 8.45. The molecule has 198 valence electrons. The predicted molar refractivity (Wildman–Crippen MR) is 134 cm³/mol. The molecule has 1 unspecified atom stereocenters. The minimum Gasteiger partial charge on any atom is -0.493 e. The number of carbonyl (C=O) groups is 1. The van der Waals surface area contributed by atoms with E-state index < -0.39 is 27.9 Å². The molecule has 0 amide bonds. The molecule has 0 radical (unpaired) electrons. The molecule has 13 heteroatoms. The average Bonchev–Trinajstić information content (AvgIpc) is 3.28. The number of hydrogen-bond donors (Lipinski definition) is 0. The van der Waals surface area contributed by atoms with Crippen molar-refractivity contribution in [3.05, 3.63) is 58.2 Å². The minimum absolute atomic E-state index is 0.0243. The fourth-order valence-electron chi connectivity index (χ4n) is 4.23. The van der Waals surface area contributed by atoms with Crippen LogP contribution in [-0.4, -0.2) is 54.2 Å². The van der Waals surface area contributed by atoms with Crippen LogP contribution < -0.4 is 9.47 Å². The number of esters is 1. The highest BCUT2D eigenvalue weighted by molar-refractivity contribution is 9.10. The fourth-order valence-corrected chi connectivity index (χ4v) is 6.15. The smallest absolute Gasteiger partial charge is 0.327 e. The van der Waals surface area contributed by atoms with Crippen molar-refractivity contribution in [3.63, 3.8) is 0 Å². The number of benzene rings is 1. The first-order valence-electron chi connectivity index (χ1n) is 11.5. The monoisotopic (exact) mass is 596 g/mol. The number of hydrogen-bond acceptors (Lipinski definition) is 8. The molecule has 1 atom stereocenters. The van der Waals surface area contributed by atoms with E-state index in [9.17, 15) is 17.6 Å². The van der Waals surface area contributed by atoms with Crippen molar-refractivity contribution < 1.29 is 31.8 Å². The Balaban J connectivity index is 1.57. The van der Waals surface area contributed by atoms with Crippen molar-refractivity contribution >= 4 is 31.9 Å². The molecule has 0 saturated carbocycles. The van der Waals surface area contributed by atoms with Gasteiger partial charge in [-0.25, -0.2) is 17.8 Å². The van der Waals surface area contributed by atoms with Crippen LogP contribution >= 0.6 is 15.9 Å². The Labute approximate surface area is 222 Å². The first-order valence-corrected chi connectivity index (χ1v) is 13.7. The van der Waals surface area contributed by atoms with Crippen molar-refractivity contribution in [1.82, 2.24) is 19.1 Å². The summed E-state index contributed by atoms with van der Waals surface area (Å²) in [5.74, 6) is -0.404. The van der Waals surface area contributed by atoms with Crippen molar-refractivity contribution in [2.24, 2.45) is 0 Å². The number of ether oxygens (including phenoxy) is 3. The van der Waals surface area contributed by atoms with Gasteiger partial charge in [-0.3, -0.25) is 9.48 Å². The summed E-state index contributed by atoms with van der Waals surface area (Å²) in [5.41, 5.74) is 1.58. The SMILES string of the molecule is CCOC(=O)Cn1ncc2c1CCCC2N(C)S(=O)(=O)c1cnc(Oc2ccc(F)cc2OC)c(Br)c1. The molecule has 1 aliphatic rings. The van der Waals surface area contributed by atoms with Gasteiger partial charge in [-0.1, -0.05) is 0 Å². The van der Waals surface area contributed by atoms with E-state index in [1.165, 1.54) is 48.9 Å². The van der Waals surface area contributed by atoms with E-state index in [-0.39, 0.29) is 35.4 Å². The van der Waals surface area contributed by atoms with E-state index in [0.29, 0.717) is 17.3 Å². The highest BCUT2D eigenvalue weighted by Gasteiger charge is 2.35. The van der Waals surface area contributed by atoms with E-state index in [1.807, 2.05) is 0 Å². The maximum Gasteiger partial charge on any atom is 0.327 e. The van der Waals surface area contributed by atoms with Gasteiger partial charge in [0.1, 0.15) is 17.3 Å². The number of methoxy groups -OCH3 is 1. The molecule has 37 heavy (non-hydrogen) atoms. The van der Waals surface area contributed by atoms with Crippen LogP contribution in [0, 0.1) is 5.82 Å². The van der Waals surface area contributed by atoms with Crippen LogP contribution in [0.15, 0.2) is 46.0 Å². The summed E-state index contributed by atoms with van der Waals surface area (Å²) in [4.78, 5) is 16.1. The highest BCUT2D eigenvalue weighted by Crippen LogP contribution is 2.38. The summed E-state index contributed by atoms with van der Waals surface area (Å²) in [7, 11) is -1.06. The van der Waals surface area contributed by atoms with Gasteiger partial charge in [-0.2, -0.15) is 9.40 Å². The van der Waals surface area contributed by atoms with Gasteiger partial charge in [0.25, 0.3) is 0 Å². The number of fused-ring (bicyclic) bond motifs is 1. The summed E-state index contributed by atoms with van der Waals surface area (Å²) >= 11 is 3.33. The lowest BCUT2D eigenvalue weighted by Gasteiger charge is -2.30. The zero-order valence-corrected chi connectivity index (χ0v) is 22.9. The molecular weight excluding hydrogens is 571 g/mol. The van der Waals surface area contributed by atoms with Crippen LogP contribution in [-0.2, 0) is 32.5 Å². The number of aromatic nitrogens is 3. The summed E-state index contributed by atoms with van der Waals surface area (Å²) < 4.78 is 59.6. The van der Waals surface area contributed by atoms with Crippen molar-refractivity contribution in [2.75, 3.05) is 20.8 Å². The predicted octanol–water partition coefficient (Wildman–Crippen LogP) is 4.24. The second-order valence-electron chi connectivity index (χ2n) is 8.29. The maximum atomic E-state index is 13.5. The minimum atomic E-state index is -3.95. The summed E-state index contributed by atoms with van der Waals surface area (Å²) in [5, 5.41) is 4.32. The van der Waals surface area contributed by atoms with Gasteiger partial charge in [-0.15, -0.1) is 0 Å². The van der Waals surface area contributed by atoms with Gasteiger partial charge in [0.05, 0.1) is 36.6 Å². The molecule has 0 spiro atoms. The number of pyridine rings is 1. The second kappa shape index (κ2) is 11.2. The van der Waals surface area contributed by atoms with Crippen LogP contribution in [0.3, 0.4) is 0 Å². The summed E-state index contributed by atoms with van der Waals surface area (Å²) in [6.07, 6.45) is 4.85. The number of halogens is 2. The van der Waals surface area contributed by atoms with Crippen molar-refractivity contribution in [1.29, 1.82) is 0 Å². The maximum absolute atomic E-state index is 13.5. The van der Waals surface area contributed by atoms with Crippen LogP contribution in [0.25, 0.3) is 0 Å². The van der Waals surface area contributed by atoms with Gasteiger partial charge in [0.15, 0.2) is 11.5 Å². The van der Waals surface area contributed by atoms with Gasteiger partial charge in [0, 0.05) is 24.4 Å². The first-order chi connectivity index (χ1) is 17.6. The zero-order chi connectivity index (χ0) is 26.7. The van der Waals surface area contributed by atoms with Gasteiger partial charge >= 0.3 is 5.97 Å². The third-order valence-electron chi connectivity index (χ3n) is 6.05. The summed E-state index contributed by atoms with van der Waals surface area (Å²) in [6.45, 7) is 1.98. The Morgan fingerprint density at radius 2 is 2.05 bits per heavy atom. The lowest BCUT2D eigenvalue weighted by Crippen LogP contribution is -2.33. The molecule has 0 saturated heterocycles. The zero-order valence-electron chi connectivity index (χ0n) is 20.5. The van der Waals surface area contributed by atoms with E-state index in [4.69, 9.17) is 14.2 Å². The Kier molecular flexibility index (Phi) is 8.14. The molecule has 3 aromatic rings. The standard InChI is InChI=1S/C24H26BrFN4O6S/c1-4-35-23(31)14-30-20-7-5-6-19(17(20)13-28-30)29(2)37(32,33)16-11-18(25)24(27-12-16)36-21-9-8-15(26)10-22(21)34-3/h8-13,19H,4-7,14H2,1-3H3. The van der Waals surface area contributed by atoms with Crippen molar-refractivity contribution in [3.8, 4) is 17.4 Å². The summed E-state index contributed by atoms with van der Waals surface area (Å²) in [6, 6.07) is 4.72. The second-order valence-corrected chi connectivity index (χ2v) is 11.1. The highest BCUT2D eigenvalue weighted by atomic mass is 79.9. The van der Waals surface area contributed by atoms with E-state index in [1.54, 1.807) is 17.8 Å². The molecule has 2 aromatic heterocycles. The number of rotatable bonds is 9. The normalized spacial score (nSPS) is 15.4. The molecule has 0 bridgehead atoms. The van der Waals surface area contributed by atoms with E-state index in [2.05, 4.69) is 26.0 Å². The van der Waals surface area contributed by atoms with Crippen molar-refractivity contribution in [2.45, 2.75) is 43.7 Å². The molecule has 0 aliphatic heterocycles. The number of nitrogens with zero attached hydrogens (tertiary/aromatic N) is 4. The Morgan fingerprint density at radius 1 is 1.27 bits per heavy atom. The molecule has 1 aliphatic carbocycles. The average molecular weight is 597 g/mol. The third kappa shape index (κ3) is 5.63. The Morgan fingerprint density at radius 3 is 2.76 bits per heavy atom. The quantitative estimate of drug-likeness (QED) is 0.337. The van der Waals surface area contributed by atoms with Crippen LogP contribution in [0.4, 0.5) is 4.39 Å². The van der Waals surface area contributed by atoms with E-state index >= 15 is 0 Å². The molecule has 0 N–H and O–H groups in total. The fraction of sp³-hybridized carbons (Fsp3) is 0.375. The molecule has 1 aromatic carbocycles. The Bertz CT molecular complexity index is 1410. The lowest BCUT2D eigenvalue weighted by molar-refractivity contribution is -0.144. The molecule has 2 heterocycles.